The molecule has 0 unspecified atom stereocenters. The zero-order chi connectivity index (χ0) is 13.0. The van der Waals surface area contributed by atoms with Gasteiger partial charge in [0.15, 0.2) is 0 Å². The molecule has 0 saturated carbocycles. The lowest BCUT2D eigenvalue weighted by Gasteiger charge is -2.07. The van der Waals surface area contributed by atoms with Crippen molar-refractivity contribution >= 4 is 16.9 Å². The van der Waals surface area contributed by atoms with Gasteiger partial charge in [0.2, 0.25) is 5.91 Å². The van der Waals surface area contributed by atoms with Crippen molar-refractivity contribution in [3.05, 3.63) is 30.1 Å². The quantitative estimate of drug-likeness (QED) is 0.877. The van der Waals surface area contributed by atoms with Gasteiger partial charge in [0.05, 0.1) is 11.0 Å². The van der Waals surface area contributed by atoms with Crippen LogP contribution in [-0.2, 0) is 17.8 Å². The van der Waals surface area contributed by atoms with Crippen molar-refractivity contribution in [1.82, 2.24) is 14.9 Å². The Morgan fingerprint density at radius 1 is 1.39 bits per heavy atom. The summed E-state index contributed by atoms with van der Waals surface area (Å²) >= 11 is 0. The van der Waals surface area contributed by atoms with Gasteiger partial charge >= 0.3 is 0 Å². The first-order chi connectivity index (χ1) is 8.76. The average molecular weight is 245 g/mol. The summed E-state index contributed by atoms with van der Waals surface area (Å²) < 4.78 is 2.16. The van der Waals surface area contributed by atoms with Gasteiger partial charge in [0, 0.05) is 26.4 Å². The van der Waals surface area contributed by atoms with E-state index < -0.39 is 0 Å². The molecule has 0 atom stereocenters. The number of aryl methyl sites for hydroxylation is 2. The Morgan fingerprint density at radius 3 is 2.89 bits per heavy atom. The molecule has 0 spiro atoms. The number of para-hydroxylation sites is 2. The van der Waals surface area contributed by atoms with E-state index in [1.54, 1.807) is 7.05 Å². The number of hydrogen-bond donors (Lipinski definition) is 1. The van der Waals surface area contributed by atoms with Crippen LogP contribution < -0.4 is 5.32 Å². The molecule has 0 bridgehead atoms. The normalized spacial score (nSPS) is 10.8. The Morgan fingerprint density at radius 2 is 2.17 bits per heavy atom. The van der Waals surface area contributed by atoms with Crippen molar-refractivity contribution in [2.75, 3.05) is 7.05 Å². The maximum absolute atomic E-state index is 11.4. The Labute approximate surface area is 107 Å². The van der Waals surface area contributed by atoms with E-state index in [0.29, 0.717) is 13.0 Å². The minimum absolute atomic E-state index is 0.0650. The maximum Gasteiger partial charge on any atom is 0.221 e. The number of carbonyl (C=O) groups is 1. The first kappa shape index (κ1) is 12.6. The summed E-state index contributed by atoms with van der Waals surface area (Å²) in [6, 6.07) is 8.08. The molecule has 4 heteroatoms. The number of carbonyl (C=O) groups excluding carboxylic acids is 1. The highest BCUT2D eigenvalue weighted by atomic mass is 16.1. The van der Waals surface area contributed by atoms with Crippen LogP contribution in [0.3, 0.4) is 0 Å². The van der Waals surface area contributed by atoms with Crippen molar-refractivity contribution in [2.45, 2.75) is 32.7 Å². The molecule has 1 aromatic carbocycles. The number of benzene rings is 1. The zero-order valence-corrected chi connectivity index (χ0v) is 10.9. The lowest BCUT2D eigenvalue weighted by molar-refractivity contribution is -0.120. The van der Waals surface area contributed by atoms with Gasteiger partial charge in [-0.05, 0) is 18.6 Å². The van der Waals surface area contributed by atoms with Crippen molar-refractivity contribution in [3.8, 4) is 0 Å². The Hall–Kier alpha value is -1.84. The molecule has 1 heterocycles. The van der Waals surface area contributed by atoms with E-state index in [-0.39, 0.29) is 5.91 Å². The number of imidazole rings is 1. The third kappa shape index (κ3) is 2.53. The fourth-order valence-electron chi connectivity index (χ4n) is 2.13. The van der Waals surface area contributed by atoms with Gasteiger partial charge in [0.25, 0.3) is 0 Å². The summed E-state index contributed by atoms with van der Waals surface area (Å²) in [6.07, 6.45) is 2.50. The van der Waals surface area contributed by atoms with Crippen LogP contribution in [0, 0.1) is 0 Å². The van der Waals surface area contributed by atoms with Crippen molar-refractivity contribution in [1.29, 1.82) is 0 Å². The van der Waals surface area contributed by atoms with Crippen LogP contribution in [0.4, 0.5) is 0 Å². The van der Waals surface area contributed by atoms with Gasteiger partial charge in [-0.3, -0.25) is 4.79 Å². The molecule has 2 aromatic rings. The molecule has 2 rings (SSSR count). The molecule has 96 valence electrons. The van der Waals surface area contributed by atoms with Crippen LogP contribution >= 0.6 is 0 Å². The summed E-state index contributed by atoms with van der Waals surface area (Å²) in [4.78, 5) is 16.0. The second kappa shape index (κ2) is 5.67. The van der Waals surface area contributed by atoms with Gasteiger partial charge in [-0.1, -0.05) is 19.1 Å². The lowest BCUT2D eigenvalue weighted by Crippen LogP contribution is -2.20. The molecule has 0 aliphatic heterocycles. The Kier molecular flexibility index (Phi) is 3.97. The predicted octanol–water partition coefficient (Wildman–Crippen LogP) is 2.12. The standard InChI is InChI=1S/C14H19N3O/c1-3-6-13-16-11-7-4-5-8-12(11)17(13)10-9-14(18)15-2/h4-5,7-8H,3,6,9-10H2,1-2H3,(H,15,18). The molecule has 0 aliphatic rings. The molecular formula is C14H19N3O. The summed E-state index contributed by atoms with van der Waals surface area (Å²) in [5.74, 6) is 1.14. The topological polar surface area (TPSA) is 46.9 Å². The van der Waals surface area contributed by atoms with Gasteiger partial charge in [0.1, 0.15) is 5.82 Å². The number of nitrogens with zero attached hydrogens (tertiary/aromatic N) is 2. The molecule has 0 fully saturated rings. The van der Waals surface area contributed by atoms with Crippen molar-refractivity contribution in [3.63, 3.8) is 0 Å². The Balaban J connectivity index is 2.32. The van der Waals surface area contributed by atoms with E-state index in [9.17, 15) is 4.79 Å². The molecule has 4 nitrogen and oxygen atoms in total. The monoisotopic (exact) mass is 245 g/mol. The molecular weight excluding hydrogens is 226 g/mol. The van der Waals surface area contributed by atoms with Crippen LogP contribution in [0.1, 0.15) is 25.6 Å². The summed E-state index contributed by atoms with van der Waals surface area (Å²) in [6.45, 7) is 2.83. The third-order valence-electron chi connectivity index (χ3n) is 3.05. The van der Waals surface area contributed by atoms with Gasteiger partial charge in [-0.15, -0.1) is 0 Å². The van der Waals surface area contributed by atoms with E-state index >= 15 is 0 Å². The number of aromatic nitrogens is 2. The minimum Gasteiger partial charge on any atom is -0.359 e. The third-order valence-corrected chi connectivity index (χ3v) is 3.05. The highest BCUT2D eigenvalue weighted by Crippen LogP contribution is 2.17. The first-order valence-corrected chi connectivity index (χ1v) is 6.41. The van der Waals surface area contributed by atoms with Crippen molar-refractivity contribution in [2.24, 2.45) is 0 Å². The second-order valence-corrected chi connectivity index (χ2v) is 4.34. The lowest BCUT2D eigenvalue weighted by atomic mass is 10.3. The average Bonchev–Trinajstić information content (AvgIpc) is 2.74. The van der Waals surface area contributed by atoms with E-state index in [2.05, 4.69) is 27.9 Å². The summed E-state index contributed by atoms with van der Waals surface area (Å²) in [5, 5.41) is 2.65. The second-order valence-electron chi connectivity index (χ2n) is 4.34. The van der Waals surface area contributed by atoms with Gasteiger partial charge in [-0.2, -0.15) is 0 Å². The molecule has 0 aliphatic carbocycles. The Bertz CT molecular complexity index is 545. The highest BCUT2D eigenvalue weighted by molar-refractivity contribution is 5.77. The summed E-state index contributed by atoms with van der Waals surface area (Å²) in [5.41, 5.74) is 2.13. The first-order valence-electron chi connectivity index (χ1n) is 6.41. The SMILES string of the molecule is CCCc1nc2ccccc2n1CCC(=O)NC. The van der Waals surface area contributed by atoms with Crippen LogP contribution in [0.5, 0.6) is 0 Å². The highest BCUT2D eigenvalue weighted by Gasteiger charge is 2.10. The molecule has 1 aromatic heterocycles. The fraction of sp³-hybridized carbons (Fsp3) is 0.429. The van der Waals surface area contributed by atoms with E-state index in [1.807, 2.05) is 18.2 Å². The molecule has 0 radical (unpaired) electrons. The van der Waals surface area contributed by atoms with E-state index in [1.165, 1.54) is 0 Å². The van der Waals surface area contributed by atoms with Crippen LogP contribution in [0.2, 0.25) is 0 Å². The molecule has 0 saturated heterocycles. The maximum atomic E-state index is 11.4. The molecule has 1 N–H and O–H groups in total. The minimum atomic E-state index is 0.0650. The number of nitrogens with one attached hydrogen (secondary N) is 1. The zero-order valence-electron chi connectivity index (χ0n) is 10.9. The number of fused-ring (bicyclic) bond motifs is 1. The molecule has 18 heavy (non-hydrogen) atoms. The van der Waals surface area contributed by atoms with E-state index in [4.69, 9.17) is 0 Å². The number of hydrogen-bond acceptors (Lipinski definition) is 2. The predicted molar refractivity (Wildman–Crippen MR) is 72.4 cm³/mol. The molecule has 1 amide bonds. The van der Waals surface area contributed by atoms with Crippen molar-refractivity contribution < 1.29 is 4.79 Å². The van der Waals surface area contributed by atoms with E-state index in [0.717, 1.165) is 29.7 Å². The van der Waals surface area contributed by atoms with Crippen LogP contribution in [0.25, 0.3) is 11.0 Å². The number of amides is 1. The van der Waals surface area contributed by atoms with Gasteiger partial charge < -0.3 is 9.88 Å². The summed E-state index contributed by atoms with van der Waals surface area (Å²) in [7, 11) is 1.67. The van der Waals surface area contributed by atoms with Crippen LogP contribution in [-0.4, -0.2) is 22.5 Å². The van der Waals surface area contributed by atoms with Gasteiger partial charge in [-0.25, -0.2) is 4.98 Å². The number of rotatable bonds is 5. The smallest absolute Gasteiger partial charge is 0.221 e. The van der Waals surface area contributed by atoms with Crippen LogP contribution in [0.15, 0.2) is 24.3 Å². The fourth-order valence-corrected chi connectivity index (χ4v) is 2.13. The largest absolute Gasteiger partial charge is 0.359 e.